The number of hydrogen-bond acceptors (Lipinski definition) is 6. The van der Waals surface area contributed by atoms with Crippen molar-refractivity contribution in [3.8, 4) is 5.82 Å². The second-order valence-corrected chi connectivity index (χ2v) is 4.19. The van der Waals surface area contributed by atoms with Gasteiger partial charge in [-0.25, -0.2) is 14.3 Å². The molecule has 0 atom stereocenters. The largest absolute Gasteiger partial charge is 0.383 e. The predicted molar refractivity (Wildman–Crippen MR) is 69.1 cm³/mol. The lowest BCUT2D eigenvalue weighted by atomic mass is 10.4. The number of nitrogen functional groups attached to an aromatic ring is 1. The number of fused-ring (bicyclic) bond motifs is 1. The van der Waals surface area contributed by atoms with Crippen molar-refractivity contribution in [1.29, 1.82) is 0 Å². The summed E-state index contributed by atoms with van der Waals surface area (Å²) in [4.78, 5) is 27.7. The van der Waals surface area contributed by atoms with E-state index < -0.39 is 5.69 Å². The molecule has 0 amide bonds. The van der Waals surface area contributed by atoms with Crippen LogP contribution in [-0.4, -0.2) is 29.1 Å². The maximum absolute atomic E-state index is 11.9. The first-order valence-corrected chi connectivity index (χ1v) is 5.64. The van der Waals surface area contributed by atoms with Gasteiger partial charge in [0.2, 0.25) is 5.28 Å². The van der Waals surface area contributed by atoms with Crippen molar-refractivity contribution in [2.24, 2.45) is 7.05 Å². The molecule has 3 heterocycles. The number of rotatable bonds is 1. The molecule has 0 aliphatic rings. The van der Waals surface area contributed by atoms with Crippen LogP contribution in [0.25, 0.3) is 17.0 Å². The lowest BCUT2D eigenvalue weighted by Crippen LogP contribution is -2.23. The summed E-state index contributed by atoms with van der Waals surface area (Å²) >= 11 is 5.83. The van der Waals surface area contributed by atoms with Gasteiger partial charge in [-0.3, -0.25) is 0 Å². The zero-order valence-corrected chi connectivity index (χ0v) is 10.5. The maximum atomic E-state index is 11.9. The Morgan fingerprint density at radius 1 is 1.32 bits per heavy atom. The van der Waals surface area contributed by atoms with Gasteiger partial charge in [-0.2, -0.15) is 15.0 Å². The second kappa shape index (κ2) is 4.02. The van der Waals surface area contributed by atoms with E-state index in [0.717, 1.165) is 0 Å². The molecule has 96 valence electrons. The first-order valence-electron chi connectivity index (χ1n) is 5.26. The van der Waals surface area contributed by atoms with Crippen LogP contribution in [0.3, 0.4) is 0 Å². The molecular weight excluding hydrogens is 270 g/mol. The van der Waals surface area contributed by atoms with Crippen LogP contribution in [0.15, 0.2) is 23.4 Å². The molecule has 0 fully saturated rings. The fraction of sp³-hybridized carbons (Fsp3) is 0.100. The highest BCUT2D eigenvalue weighted by Gasteiger charge is 2.14. The van der Waals surface area contributed by atoms with Gasteiger partial charge < -0.3 is 10.3 Å². The Kier molecular flexibility index (Phi) is 2.46. The molecule has 19 heavy (non-hydrogen) atoms. The second-order valence-electron chi connectivity index (χ2n) is 3.85. The van der Waals surface area contributed by atoms with Gasteiger partial charge in [0, 0.05) is 13.2 Å². The van der Waals surface area contributed by atoms with E-state index in [9.17, 15) is 4.79 Å². The molecule has 3 aromatic heterocycles. The van der Waals surface area contributed by atoms with E-state index in [-0.39, 0.29) is 11.1 Å². The third-order valence-electron chi connectivity index (χ3n) is 2.58. The predicted octanol–water partition coefficient (Wildman–Crippen LogP) is 0.145. The van der Waals surface area contributed by atoms with Crippen LogP contribution >= 0.6 is 11.6 Å². The highest BCUT2D eigenvalue weighted by molar-refractivity contribution is 6.28. The normalized spacial score (nSPS) is 11.1. The molecule has 0 aliphatic carbocycles. The third kappa shape index (κ3) is 1.82. The average Bonchev–Trinajstić information content (AvgIpc) is 2.70. The van der Waals surface area contributed by atoms with E-state index in [1.54, 1.807) is 17.9 Å². The fourth-order valence-electron chi connectivity index (χ4n) is 1.76. The van der Waals surface area contributed by atoms with Gasteiger partial charge in [0.15, 0.2) is 11.5 Å². The Balaban J connectivity index is 2.41. The molecule has 0 unspecified atom stereocenters. The van der Waals surface area contributed by atoms with E-state index in [1.165, 1.54) is 16.8 Å². The number of hydrogen-bond donors (Lipinski definition) is 1. The van der Waals surface area contributed by atoms with Gasteiger partial charge in [0.25, 0.3) is 0 Å². The van der Waals surface area contributed by atoms with Crippen LogP contribution in [0.5, 0.6) is 0 Å². The zero-order valence-electron chi connectivity index (χ0n) is 9.78. The quantitative estimate of drug-likeness (QED) is 0.635. The first-order chi connectivity index (χ1) is 9.06. The lowest BCUT2D eigenvalue weighted by Gasteiger charge is -2.06. The summed E-state index contributed by atoms with van der Waals surface area (Å²) in [6.07, 6.45) is 3.05. The van der Waals surface area contributed by atoms with Crippen LogP contribution in [0.1, 0.15) is 0 Å². The Morgan fingerprint density at radius 3 is 2.84 bits per heavy atom. The molecule has 3 aromatic rings. The summed E-state index contributed by atoms with van der Waals surface area (Å²) < 4.78 is 2.94. The lowest BCUT2D eigenvalue weighted by molar-refractivity contribution is 0.868. The van der Waals surface area contributed by atoms with Crippen LogP contribution in [-0.2, 0) is 7.05 Å². The molecule has 0 aromatic carbocycles. The number of halogens is 1. The SMILES string of the molecule is Cn1cnc2nc(Cl)nc(-n3ccc(N)nc3=O)c21. The van der Waals surface area contributed by atoms with E-state index in [2.05, 4.69) is 19.9 Å². The molecule has 0 bridgehead atoms. The van der Waals surface area contributed by atoms with Gasteiger partial charge in [-0.15, -0.1) is 0 Å². The summed E-state index contributed by atoms with van der Waals surface area (Å²) in [6, 6.07) is 1.50. The fourth-order valence-corrected chi connectivity index (χ4v) is 1.92. The summed E-state index contributed by atoms with van der Waals surface area (Å²) in [5.41, 5.74) is 5.90. The average molecular weight is 278 g/mol. The molecule has 3 rings (SSSR count). The highest BCUT2D eigenvalue weighted by Crippen LogP contribution is 2.18. The summed E-state index contributed by atoms with van der Waals surface area (Å²) in [7, 11) is 1.77. The van der Waals surface area contributed by atoms with Gasteiger partial charge in [-0.05, 0) is 17.7 Å². The minimum Gasteiger partial charge on any atom is -0.383 e. The number of anilines is 1. The minimum atomic E-state index is -0.544. The first kappa shape index (κ1) is 11.6. The Hall–Kier alpha value is -2.48. The summed E-state index contributed by atoms with van der Waals surface area (Å²) in [6.45, 7) is 0. The van der Waals surface area contributed by atoms with Crippen molar-refractivity contribution in [3.05, 3.63) is 34.4 Å². The number of aryl methyl sites for hydroxylation is 1. The highest BCUT2D eigenvalue weighted by atomic mass is 35.5. The minimum absolute atomic E-state index is 0.00456. The van der Waals surface area contributed by atoms with Gasteiger partial charge >= 0.3 is 5.69 Å². The van der Waals surface area contributed by atoms with Crippen molar-refractivity contribution in [3.63, 3.8) is 0 Å². The summed E-state index contributed by atoms with van der Waals surface area (Å²) in [5, 5.41) is 0.00456. The molecule has 0 radical (unpaired) electrons. The molecule has 0 spiro atoms. The smallest absolute Gasteiger partial charge is 0.355 e. The van der Waals surface area contributed by atoms with E-state index in [4.69, 9.17) is 17.3 Å². The van der Waals surface area contributed by atoms with Crippen molar-refractivity contribution < 1.29 is 0 Å². The van der Waals surface area contributed by atoms with E-state index in [1.807, 2.05) is 0 Å². The Labute approximate surface area is 111 Å². The van der Waals surface area contributed by atoms with Crippen molar-refractivity contribution >= 4 is 28.6 Å². The molecule has 0 aliphatic heterocycles. The number of aromatic nitrogens is 6. The van der Waals surface area contributed by atoms with Gasteiger partial charge in [-0.1, -0.05) is 0 Å². The zero-order chi connectivity index (χ0) is 13.6. The Bertz CT molecular complexity index is 838. The van der Waals surface area contributed by atoms with Crippen LogP contribution in [0.4, 0.5) is 5.82 Å². The molecule has 0 saturated carbocycles. The molecule has 2 N–H and O–H groups in total. The van der Waals surface area contributed by atoms with E-state index >= 15 is 0 Å². The van der Waals surface area contributed by atoms with Crippen molar-refractivity contribution in [1.82, 2.24) is 29.1 Å². The van der Waals surface area contributed by atoms with Crippen LogP contribution in [0.2, 0.25) is 5.28 Å². The molecule has 9 heteroatoms. The molecule has 8 nitrogen and oxygen atoms in total. The maximum Gasteiger partial charge on any atom is 0.355 e. The number of imidazole rings is 1. The topological polar surface area (TPSA) is 105 Å². The monoisotopic (exact) mass is 277 g/mol. The van der Waals surface area contributed by atoms with Crippen molar-refractivity contribution in [2.45, 2.75) is 0 Å². The van der Waals surface area contributed by atoms with Crippen LogP contribution in [0, 0.1) is 0 Å². The molecular formula is C10H8ClN7O. The third-order valence-corrected chi connectivity index (χ3v) is 2.75. The van der Waals surface area contributed by atoms with Gasteiger partial charge in [0.05, 0.1) is 6.33 Å². The molecule has 0 saturated heterocycles. The van der Waals surface area contributed by atoms with E-state index in [0.29, 0.717) is 17.0 Å². The number of nitrogens with two attached hydrogens (primary N) is 1. The van der Waals surface area contributed by atoms with Crippen molar-refractivity contribution in [2.75, 3.05) is 5.73 Å². The number of nitrogens with zero attached hydrogens (tertiary/aromatic N) is 6. The Morgan fingerprint density at radius 2 is 2.11 bits per heavy atom. The van der Waals surface area contributed by atoms with Crippen LogP contribution < -0.4 is 11.4 Å². The summed E-state index contributed by atoms with van der Waals surface area (Å²) in [5.74, 6) is 0.454. The van der Waals surface area contributed by atoms with Gasteiger partial charge in [0.1, 0.15) is 11.3 Å². The standard InChI is InChI=1S/C10H8ClN7O/c1-17-4-13-7-6(17)8(16-9(11)15-7)18-3-2-5(12)14-10(18)19/h2-4H,1H3,(H2,12,14,19).